The third kappa shape index (κ3) is 4.96. The normalized spacial score (nSPS) is 22.3. The fourth-order valence-corrected chi connectivity index (χ4v) is 6.58. The number of sulfone groups is 1. The van der Waals surface area contributed by atoms with Crippen molar-refractivity contribution in [2.45, 2.75) is 18.3 Å². The maximum absolute atomic E-state index is 13.3. The Balaban J connectivity index is 1.57. The molecule has 11 heteroatoms. The molecule has 5 nitrogen and oxygen atoms in total. The van der Waals surface area contributed by atoms with Gasteiger partial charge in [-0.25, -0.2) is 8.42 Å². The number of thioether (sulfide) groups is 1. The van der Waals surface area contributed by atoms with E-state index in [0.29, 0.717) is 23.3 Å². The molecule has 2 aliphatic heterocycles. The van der Waals surface area contributed by atoms with Gasteiger partial charge in [0.1, 0.15) is 5.75 Å². The number of alkyl halides is 3. The second kappa shape index (κ2) is 8.55. The topological polar surface area (TPSA) is 59.0 Å². The van der Waals surface area contributed by atoms with E-state index < -0.39 is 33.7 Å². The fourth-order valence-electron chi connectivity index (χ4n) is 3.60. The van der Waals surface area contributed by atoms with E-state index in [1.165, 1.54) is 17.8 Å². The average molecular weight is 491 g/mol. The predicted octanol–water partition coefficient (Wildman–Crippen LogP) is 4.51. The first kappa shape index (κ1) is 22.3. The van der Waals surface area contributed by atoms with Crippen LogP contribution in [0.25, 0.3) is 0 Å². The number of fused-ring (bicyclic) bond motifs is 1. The zero-order chi connectivity index (χ0) is 22.2. The summed E-state index contributed by atoms with van der Waals surface area (Å²) in [6.07, 6.45) is -4.55. The maximum Gasteiger partial charge on any atom is 0.416 e. The molecule has 1 saturated heterocycles. The highest BCUT2D eigenvalue weighted by Crippen LogP contribution is 2.41. The van der Waals surface area contributed by atoms with Gasteiger partial charge in [0.25, 0.3) is 0 Å². The smallest absolute Gasteiger partial charge is 0.416 e. The van der Waals surface area contributed by atoms with E-state index in [9.17, 15) is 21.6 Å². The van der Waals surface area contributed by atoms with Crippen LogP contribution in [0, 0.1) is 0 Å². The first-order valence-electron chi connectivity index (χ1n) is 9.39. The van der Waals surface area contributed by atoms with E-state index in [1.54, 1.807) is 4.90 Å². The molecule has 0 saturated carbocycles. The van der Waals surface area contributed by atoms with Crippen LogP contribution < -0.4 is 9.64 Å². The lowest BCUT2D eigenvalue weighted by Crippen LogP contribution is -2.39. The summed E-state index contributed by atoms with van der Waals surface area (Å²) in [6, 6.07) is 11.1. The minimum atomic E-state index is -4.55. The molecule has 0 amide bonds. The van der Waals surface area contributed by atoms with E-state index >= 15 is 0 Å². The number of halogens is 4. The molecule has 2 heterocycles. The number of para-hydroxylation sites is 1. The van der Waals surface area contributed by atoms with Gasteiger partial charge in [0.15, 0.2) is 15.0 Å². The van der Waals surface area contributed by atoms with Gasteiger partial charge >= 0.3 is 6.18 Å². The Bertz CT molecular complexity index is 1090. The Labute approximate surface area is 187 Å². The lowest BCUT2D eigenvalue weighted by Gasteiger charge is -2.28. The molecule has 4 rings (SSSR count). The first-order chi connectivity index (χ1) is 14.6. The Morgan fingerprint density at radius 1 is 1.16 bits per heavy atom. The third-order valence-corrected chi connectivity index (χ3v) is 7.92. The number of nitrogens with zero attached hydrogens (tertiary/aromatic N) is 2. The van der Waals surface area contributed by atoms with E-state index in [1.807, 2.05) is 30.3 Å². The summed E-state index contributed by atoms with van der Waals surface area (Å²) in [7, 11) is -3.33. The second-order valence-electron chi connectivity index (χ2n) is 7.17. The van der Waals surface area contributed by atoms with Crippen LogP contribution in [0.1, 0.15) is 5.56 Å². The van der Waals surface area contributed by atoms with E-state index in [-0.39, 0.29) is 22.2 Å². The van der Waals surface area contributed by atoms with Crippen molar-refractivity contribution in [2.24, 2.45) is 4.99 Å². The number of aliphatic imine (C=N–C) groups is 1. The molecule has 31 heavy (non-hydrogen) atoms. The zero-order valence-electron chi connectivity index (χ0n) is 16.0. The summed E-state index contributed by atoms with van der Waals surface area (Å²) in [6.45, 7) is 0.353. The van der Waals surface area contributed by atoms with Gasteiger partial charge in [0.2, 0.25) is 0 Å². The van der Waals surface area contributed by atoms with E-state index in [2.05, 4.69) is 4.99 Å². The predicted molar refractivity (Wildman–Crippen MR) is 117 cm³/mol. The SMILES string of the molecule is O=S1(=O)C[C@@H]2[C@@H](C1)N=C(SCCOc1ccccc1)N2c1cc(C(F)(F)F)ccc1Cl. The van der Waals surface area contributed by atoms with Crippen molar-refractivity contribution < 1.29 is 26.3 Å². The second-order valence-corrected chi connectivity index (χ2v) is 10.8. The quantitative estimate of drug-likeness (QED) is 0.577. The summed E-state index contributed by atoms with van der Waals surface area (Å²) in [5.41, 5.74) is -0.746. The molecule has 0 aromatic heterocycles. The summed E-state index contributed by atoms with van der Waals surface area (Å²) in [5, 5.41) is 0.551. The van der Waals surface area contributed by atoms with Crippen molar-refractivity contribution in [3.63, 3.8) is 0 Å². The lowest BCUT2D eigenvalue weighted by atomic mass is 10.1. The van der Waals surface area contributed by atoms with Crippen LogP contribution in [0.4, 0.5) is 18.9 Å². The Hall–Kier alpha value is -1.91. The van der Waals surface area contributed by atoms with Crippen LogP contribution in [0.5, 0.6) is 5.75 Å². The third-order valence-electron chi connectivity index (χ3n) is 4.97. The number of hydrogen-bond acceptors (Lipinski definition) is 6. The van der Waals surface area contributed by atoms with Crippen molar-refractivity contribution in [3.05, 3.63) is 59.1 Å². The molecule has 0 bridgehead atoms. The van der Waals surface area contributed by atoms with Crippen LogP contribution in [0.15, 0.2) is 53.5 Å². The minimum Gasteiger partial charge on any atom is -0.493 e. The van der Waals surface area contributed by atoms with Crippen LogP contribution in [-0.4, -0.2) is 49.5 Å². The van der Waals surface area contributed by atoms with Gasteiger partial charge in [-0.15, -0.1) is 0 Å². The molecule has 0 aliphatic carbocycles. The molecule has 0 radical (unpaired) electrons. The average Bonchev–Trinajstić information content (AvgIpc) is 3.17. The monoisotopic (exact) mass is 490 g/mol. The first-order valence-corrected chi connectivity index (χ1v) is 12.6. The van der Waals surface area contributed by atoms with Crippen LogP contribution in [0.3, 0.4) is 0 Å². The Kier molecular flexibility index (Phi) is 6.15. The molecule has 166 valence electrons. The standard InChI is InChI=1S/C20H18ClF3N2O3S2/c21-15-7-6-13(20(22,23)24)10-17(15)26-18-12-31(27,28)11-16(18)25-19(26)30-9-8-29-14-4-2-1-3-5-14/h1-7,10,16,18H,8-9,11-12H2/t16-,18-/m1/s1. The molecule has 2 aromatic rings. The molecular formula is C20H18ClF3N2O3S2. The minimum absolute atomic E-state index is 0.104. The Morgan fingerprint density at radius 3 is 2.61 bits per heavy atom. The summed E-state index contributed by atoms with van der Waals surface area (Å²) < 4.78 is 69.7. The lowest BCUT2D eigenvalue weighted by molar-refractivity contribution is -0.137. The number of benzene rings is 2. The van der Waals surface area contributed by atoms with Crippen molar-refractivity contribution in [1.29, 1.82) is 0 Å². The van der Waals surface area contributed by atoms with Crippen molar-refractivity contribution in [3.8, 4) is 5.75 Å². The van der Waals surface area contributed by atoms with E-state index in [4.69, 9.17) is 16.3 Å². The van der Waals surface area contributed by atoms with Gasteiger partial charge in [-0.1, -0.05) is 41.6 Å². The van der Waals surface area contributed by atoms with Gasteiger partial charge in [-0.05, 0) is 30.3 Å². The van der Waals surface area contributed by atoms with Crippen LogP contribution in [0.2, 0.25) is 5.02 Å². The molecule has 0 N–H and O–H groups in total. The van der Waals surface area contributed by atoms with Crippen molar-refractivity contribution in [1.82, 2.24) is 0 Å². The number of ether oxygens (including phenoxy) is 1. The van der Waals surface area contributed by atoms with Crippen molar-refractivity contribution in [2.75, 3.05) is 28.8 Å². The van der Waals surface area contributed by atoms with Gasteiger partial charge in [0.05, 0.1) is 46.5 Å². The largest absolute Gasteiger partial charge is 0.493 e. The summed E-state index contributed by atoms with van der Waals surface area (Å²) in [4.78, 5) is 6.05. The molecule has 0 spiro atoms. The highest BCUT2D eigenvalue weighted by atomic mass is 35.5. The Morgan fingerprint density at radius 2 is 1.90 bits per heavy atom. The molecule has 2 aromatic carbocycles. The van der Waals surface area contributed by atoms with Gasteiger partial charge in [-0.3, -0.25) is 4.99 Å². The zero-order valence-corrected chi connectivity index (χ0v) is 18.4. The number of amidine groups is 1. The molecular weight excluding hydrogens is 473 g/mol. The van der Waals surface area contributed by atoms with Gasteiger partial charge in [0, 0.05) is 5.75 Å². The number of hydrogen-bond donors (Lipinski definition) is 0. The highest BCUT2D eigenvalue weighted by molar-refractivity contribution is 8.14. The summed E-state index contributed by atoms with van der Waals surface area (Å²) in [5.74, 6) is 0.873. The van der Waals surface area contributed by atoms with E-state index in [0.717, 1.165) is 12.1 Å². The number of rotatable bonds is 5. The summed E-state index contributed by atoms with van der Waals surface area (Å²) >= 11 is 7.55. The van der Waals surface area contributed by atoms with Gasteiger partial charge < -0.3 is 9.64 Å². The fraction of sp³-hybridized carbons (Fsp3) is 0.350. The van der Waals surface area contributed by atoms with Crippen molar-refractivity contribution >= 4 is 44.1 Å². The maximum atomic E-state index is 13.3. The highest BCUT2D eigenvalue weighted by Gasteiger charge is 2.48. The molecule has 0 unspecified atom stereocenters. The van der Waals surface area contributed by atoms with Gasteiger partial charge in [-0.2, -0.15) is 13.2 Å². The molecule has 2 atom stereocenters. The molecule has 1 fully saturated rings. The van der Waals surface area contributed by atoms with Crippen LogP contribution >= 0.6 is 23.4 Å². The number of anilines is 1. The van der Waals surface area contributed by atoms with Crippen LogP contribution in [-0.2, 0) is 16.0 Å². The molecule has 2 aliphatic rings.